The molecule has 7 nitrogen and oxygen atoms in total. The Morgan fingerprint density at radius 3 is 2.41 bits per heavy atom. The van der Waals surface area contributed by atoms with Crippen LogP contribution in [0.15, 0.2) is 11.6 Å². The lowest BCUT2D eigenvalue weighted by Crippen LogP contribution is -2.60. The van der Waals surface area contributed by atoms with E-state index in [2.05, 4.69) is 20.8 Å². The molecule has 0 aromatic heterocycles. The SMILES string of the molecule is CC[C@H]1C[C@@H](O)[C@@H]2[C@@H]3CCC4C[C@@](O)(C=C(COC(C)=O)C(=O)O)[C@H](O)C[C@]4(C)[C@H]3CC[C@]12C. The number of carboxylic acid groups (broad SMARTS) is 1. The van der Waals surface area contributed by atoms with E-state index < -0.39 is 30.3 Å². The maximum absolute atomic E-state index is 11.7. The highest BCUT2D eigenvalue weighted by Gasteiger charge is 2.64. The van der Waals surface area contributed by atoms with E-state index in [0.717, 1.165) is 38.5 Å². The molecule has 10 atom stereocenters. The molecule has 34 heavy (non-hydrogen) atoms. The summed E-state index contributed by atoms with van der Waals surface area (Å²) in [4.78, 5) is 22.9. The number of carbonyl (C=O) groups excluding carboxylic acids is 1. The Kier molecular flexibility index (Phi) is 6.71. The van der Waals surface area contributed by atoms with Gasteiger partial charge in [0.2, 0.25) is 0 Å². The second kappa shape index (κ2) is 8.90. The maximum atomic E-state index is 11.7. The Morgan fingerprint density at radius 1 is 1.09 bits per heavy atom. The molecule has 4 N–H and O–H groups in total. The third-order valence-corrected chi connectivity index (χ3v) is 10.6. The van der Waals surface area contributed by atoms with Crippen molar-refractivity contribution in [3.8, 4) is 0 Å². The van der Waals surface area contributed by atoms with E-state index in [4.69, 9.17) is 4.74 Å². The van der Waals surface area contributed by atoms with Crippen LogP contribution < -0.4 is 0 Å². The molecule has 7 heteroatoms. The van der Waals surface area contributed by atoms with Crippen LogP contribution in [0, 0.1) is 40.4 Å². The Morgan fingerprint density at radius 2 is 1.79 bits per heavy atom. The number of fused-ring (bicyclic) bond motifs is 5. The number of aliphatic carboxylic acids is 1. The highest BCUT2D eigenvalue weighted by atomic mass is 16.5. The van der Waals surface area contributed by atoms with Gasteiger partial charge in [-0.1, -0.05) is 27.2 Å². The number of aliphatic hydroxyl groups excluding tert-OH is 2. The minimum atomic E-state index is -1.67. The second-order valence-corrected chi connectivity index (χ2v) is 12.2. The predicted molar refractivity (Wildman–Crippen MR) is 126 cm³/mol. The van der Waals surface area contributed by atoms with Crippen molar-refractivity contribution < 1.29 is 34.8 Å². The van der Waals surface area contributed by atoms with E-state index >= 15 is 0 Å². The monoisotopic (exact) mass is 478 g/mol. The van der Waals surface area contributed by atoms with Crippen molar-refractivity contribution >= 4 is 11.9 Å². The second-order valence-electron chi connectivity index (χ2n) is 12.2. The first-order valence-electron chi connectivity index (χ1n) is 13.0. The van der Waals surface area contributed by atoms with Crippen molar-refractivity contribution in [3.63, 3.8) is 0 Å². The molecule has 0 aliphatic heterocycles. The van der Waals surface area contributed by atoms with Crippen LogP contribution in [0.4, 0.5) is 0 Å². The number of ether oxygens (including phenoxy) is 1. The Labute approximate surface area is 202 Å². The van der Waals surface area contributed by atoms with Gasteiger partial charge < -0.3 is 25.2 Å². The number of hydrogen-bond donors (Lipinski definition) is 4. The molecule has 4 rings (SSSR count). The quantitative estimate of drug-likeness (QED) is 0.353. The summed E-state index contributed by atoms with van der Waals surface area (Å²) in [5, 5.41) is 43.2. The van der Waals surface area contributed by atoms with Crippen LogP contribution in [0.25, 0.3) is 0 Å². The number of carboxylic acids is 1. The van der Waals surface area contributed by atoms with Gasteiger partial charge in [0.25, 0.3) is 0 Å². The van der Waals surface area contributed by atoms with Crippen LogP contribution in [0.3, 0.4) is 0 Å². The van der Waals surface area contributed by atoms with Crippen molar-refractivity contribution in [1.82, 2.24) is 0 Å². The summed E-state index contributed by atoms with van der Waals surface area (Å²) < 4.78 is 4.86. The number of rotatable bonds is 5. The van der Waals surface area contributed by atoms with Crippen molar-refractivity contribution in [3.05, 3.63) is 11.6 Å². The summed E-state index contributed by atoms with van der Waals surface area (Å²) in [6, 6.07) is 0. The van der Waals surface area contributed by atoms with Crippen molar-refractivity contribution in [1.29, 1.82) is 0 Å². The highest BCUT2D eigenvalue weighted by molar-refractivity contribution is 5.87. The molecule has 1 unspecified atom stereocenters. The van der Waals surface area contributed by atoms with Crippen LogP contribution in [0.5, 0.6) is 0 Å². The van der Waals surface area contributed by atoms with Crippen LogP contribution in [0.1, 0.15) is 79.1 Å². The molecule has 4 aliphatic rings. The number of hydrogen-bond acceptors (Lipinski definition) is 6. The molecule has 0 bridgehead atoms. The summed E-state index contributed by atoms with van der Waals surface area (Å²) in [7, 11) is 0. The summed E-state index contributed by atoms with van der Waals surface area (Å²) in [5.74, 6) is -0.0973. The van der Waals surface area contributed by atoms with E-state index in [1.54, 1.807) is 0 Å². The van der Waals surface area contributed by atoms with Crippen molar-refractivity contribution in [2.24, 2.45) is 40.4 Å². The zero-order chi connectivity index (χ0) is 25.1. The highest BCUT2D eigenvalue weighted by Crippen LogP contribution is 2.68. The molecule has 192 valence electrons. The van der Waals surface area contributed by atoms with Gasteiger partial charge in [-0.2, -0.15) is 0 Å². The molecule has 0 radical (unpaired) electrons. The van der Waals surface area contributed by atoms with Gasteiger partial charge >= 0.3 is 11.9 Å². The molecule has 0 saturated heterocycles. The minimum absolute atomic E-state index is 0.145. The molecule has 4 saturated carbocycles. The molecular weight excluding hydrogens is 436 g/mol. The average Bonchev–Trinajstić information content (AvgIpc) is 3.02. The van der Waals surface area contributed by atoms with Gasteiger partial charge in [0.15, 0.2) is 0 Å². The first-order valence-corrected chi connectivity index (χ1v) is 13.0. The van der Waals surface area contributed by atoms with Gasteiger partial charge in [-0.3, -0.25) is 4.79 Å². The molecule has 0 heterocycles. The molecule has 0 spiro atoms. The van der Waals surface area contributed by atoms with Gasteiger partial charge in [0.1, 0.15) is 12.2 Å². The Hall–Kier alpha value is -1.44. The minimum Gasteiger partial charge on any atom is -0.478 e. The standard InChI is InChI=1S/C27H42O7/c1-5-17-10-21(29)23-19-7-6-18-12-27(33,11-16(24(31)32)14-34-15(2)28)22(30)13-26(18,4)20(19)8-9-25(17,23)3/h11,17-23,29-30,33H,5-10,12-14H2,1-4H3,(H,31,32)/t17-,18?,19+,20-,21+,22+,23-,25+,26-,27-/m0/s1. The third-order valence-electron chi connectivity index (χ3n) is 10.6. The lowest BCUT2D eigenvalue weighted by Gasteiger charge is -2.63. The molecule has 0 aromatic rings. The zero-order valence-electron chi connectivity index (χ0n) is 21.0. The van der Waals surface area contributed by atoms with Gasteiger partial charge in [-0.15, -0.1) is 0 Å². The molecule has 4 aliphatic carbocycles. The van der Waals surface area contributed by atoms with E-state index in [9.17, 15) is 30.0 Å². The maximum Gasteiger partial charge on any atom is 0.334 e. The molecule has 0 aromatic carbocycles. The third kappa shape index (κ3) is 4.01. The van der Waals surface area contributed by atoms with Crippen LogP contribution in [0.2, 0.25) is 0 Å². The lowest BCUT2D eigenvalue weighted by atomic mass is 9.43. The Balaban J connectivity index is 1.59. The smallest absolute Gasteiger partial charge is 0.334 e. The summed E-state index contributed by atoms with van der Waals surface area (Å²) in [5.41, 5.74) is -1.90. The molecular formula is C27H42O7. The topological polar surface area (TPSA) is 124 Å². The summed E-state index contributed by atoms with van der Waals surface area (Å²) >= 11 is 0. The summed E-state index contributed by atoms with van der Waals surface area (Å²) in [6.45, 7) is 7.60. The first kappa shape index (κ1) is 25.6. The van der Waals surface area contributed by atoms with E-state index in [1.807, 2.05) is 0 Å². The fourth-order valence-corrected chi connectivity index (χ4v) is 8.93. The fraction of sp³-hybridized carbons (Fsp3) is 0.852. The van der Waals surface area contributed by atoms with Gasteiger partial charge in [0, 0.05) is 6.92 Å². The predicted octanol–water partition coefficient (Wildman–Crippen LogP) is 3.30. The van der Waals surface area contributed by atoms with Crippen LogP contribution in [-0.2, 0) is 14.3 Å². The van der Waals surface area contributed by atoms with Crippen LogP contribution in [-0.4, -0.2) is 56.8 Å². The van der Waals surface area contributed by atoms with Gasteiger partial charge in [-0.05, 0) is 91.4 Å². The molecule has 4 fully saturated rings. The Bertz CT molecular complexity index is 854. The number of esters is 1. The lowest BCUT2D eigenvalue weighted by molar-refractivity contribution is -0.187. The van der Waals surface area contributed by atoms with Gasteiger partial charge in [-0.25, -0.2) is 4.79 Å². The first-order chi connectivity index (χ1) is 15.9. The van der Waals surface area contributed by atoms with Crippen molar-refractivity contribution in [2.75, 3.05) is 6.61 Å². The zero-order valence-corrected chi connectivity index (χ0v) is 21.0. The van der Waals surface area contributed by atoms with Gasteiger partial charge in [0.05, 0.1) is 17.8 Å². The van der Waals surface area contributed by atoms with E-state index in [0.29, 0.717) is 24.2 Å². The fourth-order valence-electron chi connectivity index (χ4n) is 8.93. The largest absolute Gasteiger partial charge is 0.478 e. The normalized spacial score (nSPS) is 48.4. The van der Waals surface area contributed by atoms with Crippen molar-refractivity contribution in [2.45, 2.75) is 96.9 Å². The molecule has 0 amide bonds. The van der Waals surface area contributed by atoms with E-state index in [1.165, 1.54) is 13.0 Å². The van der Waals surface area contributed by atoms with Crippen LogP contribution >= 0.6 is 0 Å². The van der Waals surface area contributed by atoms with E-state index in [-0.39, 0.29) is 40.8 Å². The number of aliphatic hydroxyl groups is 3. The number of carbonyl (C=O) groups is 2. The summed E-state index contributed by atoms with van der Waals surface area (Å²) in [6.07, 6.45) is 6.53. The average molecular weight is 479 g/mol.